The van der Waals surface area contributed by atoms with Gasteiger partial charge in [-0.1, -0.05) is 11.6 Å². The lowest BCUT2D eigenvalue weighted by atomic mass is 9.98. The summed E-state index contributed by atoms with van der Waals surface area (Å²) in [5.74, 6) is -0.314. The van der Waals surface area contributed by atoms with Crippen LogP contribution in [0.15, 0.2) is 22.7 Å². The zero-order valence-electron chi connectivity index (χ0n) is 9.83. The van der Waals surface area contributed by atoms with E-state index in [1.54, 1.807) is 6.07 Å². The standard InChI is InChI=1S/C12H13BrClNO3/c1-17-11(16)12(4-5-18-7-12)15-8-2-3-10(14)9(13)6-8/h2-3,6,15H,4-5,7H2,1H3. The van der Waals surface area contributed by atoms with Crippen molar-refractivity contribution in [2.45, 2.75) is 12.0 Å². The number of ether oxygens (including phenoxy) is 2. The summed E-state index contributed by atoms with van der Waals surface area (Å²) in [6, 6.07) is 5.40. The number of halogens is 2. The predicted octanol–water partition coefficient (Wildman–Crippen LogP) is 2.85. The maximum atomic E-state index is 11.9. The number of esters is 1. The highest BCUT2D eigenvalue weighted by Gasteiger charge is 2.43. The molecule has 2 rings (SSSR count). The Morgan fingerprint density at radius 3 is 2.94 bits per heavy atom. The number of hydrogen-bond acceptors (Lipinski definition) is 4. The molecule has 1 aliphatic heterocycles. The number of benzene rings is 1. The van der Waals surface area contributed by atoms with Crippen LogP contribution in [0.4, 0.5) is 5.69 Å². The second kappa shape index (κ2) is 5.47. The van der Waals surface area contributed by atoms with Gasteiger partial charge in [-0.25, -0.2) is 4.79 Å². The molecular formula is C12H13BrClNO3. The van der Waals surface area contributed by atoms with Crippen LogP contribution >= 0.6 is 27.5 Å². The largest absolute Gasteiger partial charge is 0.467 e. The highest BCUT2D eigenvalue weighted by Crippen LogP contribution is 2.30. The van der Waals surface area contributed by atoms with Crippen LogP contribution in [0.25, 0.3) is 0 Å². The number of carbonyl (C=O) groups excluding carboxylic acids is 1. The van der Waals surface area contributed by atoms with Gasteiger partial charge >= 0.3 is 5.97 Å². The van der Waals surface area contributed by atoms with E-state index in [0.717, 1.165) is 10.2 Å². The van der Waals surface area contributed by atoms with Crippen molar-refractivity contribution in [3.63, 3.8) is 0 Å². The number of rotatable bonds is 3. The van der Waals surface area contributed by atoms with Crippen molar-refractivity contribution in [3.8, 4) is 0 Å². The topological polar surface area (TPSA) is 47.6 Å². The Bertz CT molecular complexity index is 461. The fourth-order valence-electron chi connectivity index (χ4n) is 1.92. The van der Waals surface area contributed by atoms with Gasteiger partial charge in [0.25, 0.3) is 0 Å². The average Bonchev–Trinajstić information content (AvgIpc) is 2.82. The van der Waals surface area contributed by atoms with E-state index in [1.165, 1.54) is 7.11 Å². The molecule has 0 spiro atoms. The molecule has 0 aromatic heterocycles. The Morgan fingerprint density at radius 2 is 2.39 bits per heavy atom. The second-order valence-electron chi connectivity index (χ2n) is 4.13. The molecule has 1 atom stereocenters. The fraction of sp³-hybridized carbons (Fsp3) is 0.417. The molecule has 1 aliphatic rings. The first-order valence-corrected chi connectivity index (χ1v) is 6.64. The van der Waals surface area contributed by atoms with Gasteiger partial charge in [0.1, 0.15) is 0 Å². The van der Waals surface area contributed by atoms with E-state index in [1.807, 2.05) is 12.1 Å². The van der Waals surface area contributed by atoms with Gasteiger partial charge in [0, 0.05) is 23.2 Å². The Balaban J connectivity index is 2.23. The molecule has 1 aromatic carbocycles. The van der Waals surface area contributed by atoms with Crippen LogP contribution in [-0.4, -0.2) is 31.8 Å². The Morgan fingerprint density at radius 1 is 1.61 bits per heavy atom. The van der Waals surface area contributed by atoms with Crippen molar-refractivity contribution in [2.24, 2.45) is 0 Å². The number of methoxy groups -OCH3 is 1. The van der Waals surface area contributed by atoms with Gasteiger partial charge in [-0.3, -0.25) is 0 Å². The van der Waals surface area contributed by atoms with Gasteiger partial charge in [0.2, 0.25) is 0 Å². The van der Waals surface area contributed by atoms with Gasteiger partial charge in [-0.05, 0) is 34.1 Å². The Labute approximate surface area is 119 Å². The molecule has 1 heterocycles. The zero-order valence-corrected chi connectivity index (χ0v) is 12.2. The van der Waals surface area contributed by atoms with Crippen molar-refractivity contribution in [2.75, 3.05) is 25.6 Å². The van der Waals surface area contributed by atoms with Gasteiger partial charge in [-0.2, -0.15) is 0 Å². The van der Waals surface area contributed by atoms with Crippen molar-refractivity contribution in [1.29, 1.82) is 0 Å². The number of nitrogens with one attached hydrogen (secondary N) is 1. The highest BCUT2D eigenvalue weighted by molar-refractivity contribution is 9.10. The molecule has 0 amide bonds. The fourth-order valence-corrected chi connectivity index (χ4v) is 2.42. The first-order chi connectivity index (χ1) is 8.57. The molecule has 1 saturated heterocycles. The van der Waals surface area contributed by atoms with E-state index in [0.29, 0.717) is 24.7 Å². The summed E-state index contributed by atoms with van der Waals surface area (Å²) in [7, 11) is 1.38. The SMILES string of the molecule is COC(=O)C1(Nc2ccc(Cl)c(Br)c2)CCOC1. The molecule has 1 unspecified atom stereocenters. The van der Waals surface area contributed by atoms with Gasteiger partial charge in [0.05, 0.1) is 18.7 Å². The van der Waals surface area contributed by atoms with Crippen LogP contribution in [0.5, 0.6) is 0 Å². The summed E-state index contributed by atoms with van der Waals surface area (Å²) < 4.78 is 10.9. The molecule has 18 heavy (non-hydrogen) atoms. The van der Waals surface area contributed by atoms with Gasteiger partial charge in [0.15, 0.2) is 5.54 Å². The lowest BCUT2D eigenvalue weighted by molar-refractivity contribution is -0.146. The van der Waals surface area contributed by atoms with Crippen LogP contribution < -0.4 is 5.32 Å². The summed E-state index contributed by atoms with van der Waals surface area (Å²) in [6.45, 7) is 0.844. The molecule has 6 heteroatoms. The molecule has 98 valence electrons. The smallest absolute Gasteiger partial charge is 0.334 e. The number of anilines is 1. The number of hydrogen-bond donors (Lipinski definition) is 1. The van der Waals surface area contributed by atoms with Gasteiger partial charge < -0.3 is 14.8 Å². The number of carbonyl (C=O) groups is 1. The first kappa shape index (κ1) is 13.6. The van der Waals surface area contributed by atoms with Crippen LogP contribution in [-0.2, 0) is 14.3 Å². The minimum atomic E-state index is -0.804. The summed E-state index contributed by atoms with van der Waals surface area (Å²) in [5, 5.41) is 3.81. The highest BCUT2D eigenvalue weighted by atomic mass is 79.9. The predicted molar refractivity (Wildman–Crippen MR) is 73.0 cm³/mol. The molecular weight excluding hydrogens is 321 g/mol. The van der Waals surface area contributed by atoms with Crippen molar-refractivity contribution in [3.05, 3.63) is 27.7 Å². The summed E-state index contributed by atoms with van der Waals surface area (Å²) in [6.07, 6.45) is 0.583. The minimum Gasteiger partial charge on any atom is -0.467 e. The minimum absolute atomic E-state index is 0.305. The molecule has 0 aliphatic carbocycles. The first-order valence-electron chi connectivity index (χ1n) is 5.47. The maximum Gasteiger partial charge on any atom is 0.334 e. The van der Waals surface area contributed by atoms with Crippen molar-refractivity contribution in [1.82, 2.24) is 0 Å². The molecule has 0 bridgehead atoms. The third-order valence-corrected chi connectivity index (χ3v) is 4.11. The quantitative estimate of drug-likeness (QED) is 0.864. The molecule has 1 N–H and O–H groups in total. The molecule has 0 saturated carbocycles. The molecule has 0 radical (unpaired) electrons. The molecule has 1 fully saturated rings. The third-order valence-electron chi connectivity index (χ3n) is 2.90. The second-order valence-corrected chi connectivity index (χ2v) is 5.39. The van der Waals surface area contributed by atoms with Crippen LogP contribution in [0, 0.1) is 0 Å². The van der Waals surface area contributed by atoms with Gasteiger partial charge in [-0.15, -0.1) is 0 Å². The third kappa shape index (κ3) is 2.63. The van der Waals surface area contributed by atoms with Crippen LogP contribution in [0.3, 0.4) is 0 Å². The van der Waals surface area contributed by atoms with E-state index in [2.05, 4.69) is 21.2 Å². The maximum absolute atomic E-state index is 11.9. The summed E-state index contributed by atoms with van der Waals surface area (Å²) in [5.41, 5.74) is -0.00987. The van der Waals surface area contributed by atoms with Crippen LogP contribution in [0.2, 0.25) is 5.02 Å². The lowest BCUT2D eigenvalue weighted by Crippen LogP contribution is -2.47. The van der Waals surface area contributed by atoms with Crippen molar-refractivity contribution < 1.29 is 14.3 Å². The average molecular weight is 335 g/mol. The van der Waals surface area contributed by atoms with E-state index < -0.39 is 5.54 Å². The van der Waals surface area contributed by atoms with E-state index in [4.69, 9.17) is 21.1 Å². The monoisotopic (exact) mass is 333 g/mol. The lowest BCUT2D eigenvalue weighted by Gasteiger charge is -2.27. The van der Waals surface area contributed by atoms with Crippen LogP contribution in [0.1, 0.15) is 6.42 Å². The summed E-state index contributed by atoms with van der Waals surface area (Å²) >= 11 is 9.28. The Hall–Kier alpha value is -0.780. The van der Waals surface area contributed by atoms with E-state index >= 15 is 0 Å². The molecule has 4 nitrogen and oxygen atoms in total. The Kier molecular flexibility index (Phi) is 4.14. The molecule has 1 aromatic rings. The van der Waals surface area contributed by atoms with E-state index in [9.17, 15) is 4.79 Å². The zero-order chi connectivity index (χ0) is 13.2. The van der Waals surface area contributed by atoms with Crippen molar-refractivity contribution >= 4 is 39.2 Å². The van der Waals surface area contributed by atoms with E-state index in [-0.39, 0.29) is 5.97 Å². The summed E-state index contributed by atoms with van der Waals surface area (Å²) in [4.78, 5) is 11.9. The normalized spacial score (nSPS) is 22.8.